The van der Waals surface area contributed by atoms with Gasteiger partial charge in [0.2, 0.25) is 5.91 Å². The van der Waals surface area contributed by atoms with E-state index >= 15 is 0 Å². The van der Waals surface area contributed by atoms with E-state index in [1.54, 1.807) is 14.2 Å². The van der Waals surface area contributed by atoms with Crippen molar-refractivity contribution in [3.63, 3.8) is 0 Å². The Labute approximate surface area is 168 Å². The number of carbonyl (C=O) groups excluding carboxylic acids is 1. The number of halogens is 1. The Balaban J connectivity index is 0.00000261. The van der Waals surface area contributed by atoms with Crippen LogP contribution in [0.15, 0.2) is 18.2 Å². The van der Waals surface area contributed by atoms with Gasteiger partial charge < -0.3 is 20.1 Å². The van der Waals surface area contributed by atoms with E-state index in [0.29, 0.717) is 13.1 Å². The quantitative estimate of drug-likeness (QED) is 0.798. The van der Waals surface area contributed by atoms with Crippen LogP contribution in [0.1, 0.15) is 37.8 Å². The van der Waals surface area contributed by atoms with Crippen LogP contribution in [0.3, 0.4) is 0 Å². The minimum absolute atomic E-state index is 0. The molecule has 2 aliphatic heterocycles. The number of hydrogen-bond donors (Lipinski definition) is 1. The van der Waals surface area contributed by atoms with Crippen molar-refractivity contribution in [1.82, 2.24) is 9.80 Å². The Hall–Kier alpha value is -1.50. The van der Waals surface area contributed by atoms with Crippen molar-refractivity contribution >= 4 is 18.3 Å². The lowest BCUT2D eigenvalue weighted by molar-refractivity contribution is -0.133. The van der Waals surface area contributed by atoms with E-state index in [-0.39, 0.29) is 29.8 Å². The van der Waals surface area contributed by atoms with Crippen LogP contribution in [0.25, 0.3) is 0 Å². The molecule has 1 aromatic rings. The summed E-state index contributed by atoms with van der Waals surface area (Å²) in [5.74, 6) is 1.80. The van der Waals surface area contributed by atoms with Gasteiger partial charge in [-0.15, -0.1) is 12.4 Å². The Kier molecular flexibility index (Phi) is 7.37. The Bertz CT molecular complexity index is 657. The molecular weight excluding hydrogens is 366 g/mol. The van der Waals surface area contributed by atoms with Crippen molar-refractivity contribution in [1.29, 1.82) is 0 Å². The summed E-state index contributed by atoms with van der Waals surface area (Å²) in [4.78, 5) is 17.3. The maximum absolute atomic E-state index is 13.0. The van der Waals surface area contributed by atoms with E-state index in [1.165, 1.54) is 0 Å². The van der Waals surface area contributed by atoms with Gasteiger partial charge in [-0.05, 0) is 56.0 Å². The SMILES string of the molecule is COc1ccc(OC)c(C2CCCN2C(=O)CN2CCC(C)(CN)C2)c1.Cl. The van der Waals surface area contributed by atoms with Crippen LogP contribution in [-0.4, -0.2) is 62.7 Å². The maximum atomic E-state index is 13.0. The summed E-state index contributed by atoms with van der Waals surface area (Å²) in [5.41, 5.74) is 7.07. The first-order valence-electron chi connectivity index (χ1n) is 9.43. The molecule has 0 bridgehead atoms. The summed E-state index contributed by atoms with van der Waals surface area (Å²) >= 11 is 0. The van der Waals surface area contributed by atoms with Crippen LogP contribution in [0.5, 0.6) is 11.5 Å². The molecule has 0 spiro atoms. The first kappa shape index (κ1) is 21.8. The molecule has 1 amide bonds. The van der Waals surface area contributed by atoms with Crippen molar-refractivity contribution < 1.29 is 14.3 Å². The average Bonchev–Trinajstić information content (AvgIpc) is 3.28. The third kappa shape index (κ3) is 4.68. The van der Waals surface area contributed by atoms with E-state index in [4.69, 9.17) is 15.2 Å². The highest BCUT2D eigenvalue weighted by Crippen LogP contribution is 2.39. The van der Waals surface area contributed by atoms with Crippen LogP contribution in [0.2, 0.25) is 0 Å². The fourth-order valence-corrected chi connectivity index (χ4v) is 4.20. The number of likely N-dealkylation sites (tertiary alicyclic amines) is 2. The molecule has 2 fully saturated rings. The largest absolute Gasteiger partial charge is 0.497 e. The molecule has 7 heteroatoms. The normalized spacial score (nSPS) is 25.3. The third-order valence-electron chi connectivity index (χ3n) is 5.86. The highest BCUT2D eigenvalue weighted by molar-refractivity contribution is 5.85. The van der Waals surface area contributed by atoms with E-state index in [0.717, 1.165) is 56.0 Å². The Morgan fingerprint density at radius 3 is 2.70 bits per heavy atom. The van der Waals surface area contributed by atoms with E-state index in [9.17, 15) is 4.79 Å². The minimum Gasteiger partial charge on any atom is -0.497 e. The molecule has 2 unspecified atom stereocenters. The second-order valence-corrected chi connectivity index (χ2v) is 7.83. The van der Waals surface area contributed by atoms with Gasteiger partial charge in [0.1, 0.15) is 11.5 Å². The Morgan fingerprint density at radius 2 is 2.07 bits per heavy atom. The van der Waals surface area contributed by atoms with E-state index < -0.39 is 0 Å². The summed E-state index contributed by atoms with van der Waals surface area (Å²) in [6.45, 7) is 5.99. The predicted molar refractivity (Wildman–Crippen MR) is 109 cm³/mol. The van der Waals surface area contributed by atoms with Crippen molar-refractivity contribution in [2.45, 2.75) is 32.2 Å². The van der Waals surface area contributed by atoms with Gasteiger partial charge in [0.15, 0.2) is 0 Å². The Morgan fingerprint density at radius 1 is 1.30 bits per heavy atom. The molecule has 0 aliphatic carbocycles. The number of nitrogens with zero attached hydrogens (tertiary/aromatic N) is 2. The molecular formula is C20H32ClN3O3. The van der Waals surface area contributed by atoms with Crippen LogP contribution in [-0.2, 0) is 4.79 Å². The summed E-state index contributed by atoms with van der Waals surface area (Å²) in [5, 5.41) is 0. The zero-order valence-electron chi connectivity index (χ0n) is 16.6. The number of ether oxygens (including phenoxy) is 2. The van der Waals surface area contributed by atoms with Gasteiger partial charge in [-0.1, -0.05) is 6.92 Å². The number of benzene rings is 1. The number of amides is 1. The fourth-order valence-electron chi connectivity index (χ4n) is 4.20. The van der Waals surface area contributed by atoms with E-state index in [2.05, 4.69) is 11.8 Å². The third-order valence-corrected chi connectivity index (χ3v) is 5.86. The van der Waals surface area contributed by atoms with Crippen LogP contribution in [0.4, 0.5) is 0 Å². The lowest BCUT2D eigenvalue weighted by atomic mass is 9.90. The molecule has 0 aromatic heterocycles. The lowest BCUT2D eigenvalue weighted by Crippen LogP contribution is -2.40. The molecule has 0 radical (unpaired) electrons. The minimum atomic E-state index is 0. The molecule has 152 valence electrons. The summed E-state index contributed by atoms with van der Waals surface area (Å²) < 4.78 is 10.9. The number of hydrogen-bond acceptors (Lipinski definition) is 5. The van der Waals surface area contributed by atoms with Gasteiger partial charge in [-0.25, -0.2) is 0 Å². The van der Waals surface area contributed by atoms with Crippen LogP contribution in [0, 0.1) is 5.41 Å². The standard InChI is InChI=1S/C20H31N3O3.ClH/c1-20(13-21)8-10-22(14-20)12-19(24)23-9-4-5-17(23)16-11-15(25-2)6-7-18(16)26-3;/h6-7,11,17H,4-5,8-10,12-14,21H2,1-3H3;1H. The molecule has 6 nitrogen and oxygen atoms in total. The maximum Gasteiger partial charge on any atom is 0.237 e. The van der Waals surface area contributed by atoms with Gasteiger partial charge in [-0.3, -0.25) is 9.69 Å². The second-order valence-electron chi connectivity index (χ2n) is 7.83. The molecule has 2 heterocycles. The van der Waals surface area contributed by atoms with Crippen molar-refractivity contribution in [2.75, 3.05) is 46.9 Å². The van der Waals surface area contributed by atoms with Gasteiger partial charge >= 0.3 is 0 Å². The van der Waals surface area contributed by atoms with Crippen molar-refractivity contribution in [3.8, 4) is 11.5 Å². The topological polar surface area (TPSA) is 68.0 Å². The molecule has 2 N–H and O–H groups in total. The molecule has 1 aromatic carbocycles. The highest BCUT2D eigenvalue weighted by atomic mass is 35.5. The summed E-state index contributed by atoms with van der Waals surface area (Å²) in [6, 6.07) is 5.86. The molecule has 0 saturated carbocycles. The first-order chi connectivity index (χ1) is 12.5. The van der Waals surface area contributed by atoms with Gasteiger partial charge in [0.05, 0.1) is 26.8 Å². The number of nitrogens with two attached hydrogens (primary N) is 1. The number of rotatable bonds is 6. The molecule has 3 rings (SSSR count). The average molecular weight is 398 g/mol. The fraction of sp³-hybridized carbons (Fsp3) is 0.650. The van der Waals surface area contributed by atoms with Crippen molar-refractivity contribution in [2.24, 2.45) is 11.1 Å². The second kappa shape index (κ2) is 9.13. The first-order valence-corrected chi connectivity index (χ1v) is 9.43. The number of carbonyl (C=O) groups is 1. The molecule has 27 heavy (non-hydrogen) atoms. The zero-order valence-corrected chi connectivity index (χ0v) is 17.4. The smallest absolute Gasteiger partial charge is 0.237 e. The molecule has 2 atom stereocenters. The summed E-state index contributed by atoms with van der Waals surface area (Å²) in [7, 11) is 3.33. The van der Waals surface area contributed by atoms with E-state index in [1.807, 2.05) is 23.1 Å². The van der Waals surface area contributed by atoms with Gasteiger partial charge in [-0.2, -0.15) is 0 Å². The van der Waals surface area contributed by atoms with Gasteiger partial charge in [0.25, 0.3) is 0 Å². The molecule has 2 aliphatic rings. The molecule has 2 saturated heterocycles. The number of methoxy groups -OCH3 is 2. The van der Waals surface area contributed by atoms with Crippen molar-refractivity contribution in [3.05, 3.63) is 23.8 Å². The van der Waals surface area contributed by atoms with Crippen LogP contribution < -0.4 is 15.2 Å². The van der Waals surface area contributed by atoms with Crippen LogP contribution >= 0.6 is 12.4 Å². The van der Waals surface area contributed by atoms with Gasteiger partial charge in [0, 0.05) is 18.7 Å². The summed E-state index contributed by atoms with van der Waals surface area (Å²) in [6.07, 6.45) is 3.02. The zero-order chi connectivity index (χ0) is 18.7. The lowest BCUT2D eigenvalue weighted by Gasteiger charge is -2.29. The monoisotopic (exact) mass is 397 g/mol. The predicted octanol–water partition coefficient (Wildman–Crippen LogP) is 2.46. The highest BCUT2D eigenvalue weighted by Gasteiger charge is 2.36.